The van der Waals surface area contributed by atoms with Crippen molar-refractivity contribution >= 4 is 9.84 Å². The van der Waals surface area contributed by atoms with E-state index in [9.17, 15) is 12.8 Å². The Bertz CT molecular complexity index is 786. The van der Waals surface area contributed by atoms with Gasteiger partial charge in [0.25, 0.3) is 0 Å². The van der Waals surface area contributed by atoms with Crippen molar-refractivity contribution in [2.45, 2.75) is 42.1 Å². The minimum Gasteiger partial charge on any atom is -0.325 e. The Morgan fingerprint density at radius 1 is 1.33 bits per heavy atom. The van der Waals surface area contributed by atoms with Gasteiger partial charge in [0.2, 0.25) is 15.0 Å². The molecule has 0 spiro atoms. The summed E-state index contributed by atoms with van der Waals surface area (Å²) in [6.45, 7) is 0.683. The van der Waals surface area contributed by atoms with E-state index in [-0.39, 0.29) is 17.0 Å². The highest BCUT2D eigenvalue weighted by Gasteiger charge is 2.34. The monoisotopic (exact) mass is 351 g/mol. The fourth-order valence-corrected chi connectivity index (χ4v) is 5.12. The molecule has 7 heteroatoms. The molecule has 0 amide bonds. The van der Waals surface area contributed by atoms with Gasteiger partial charge in [-0.2, -0.15) is 0 Å². The van der Waals surface area contributed by atoms with Crippen molar-refractivity contribution in [1.29, 1.82) is 0 Å². The topological polar surface area (TPSA) is 64.0 Å². The number of sulfone groups is 1. The van der Waals surface area contributed by atoms with E-state index in [0.717, 1.165) is 18.4 Å². The van der Waals surface area contributed by atoms with Crippen molar-refractivity contribution in [3.05, 3.63) is 48.0 Å². The van der Waals surface area contributed by atoms with E-state index in [1.54, 1.807) is 29.9 Å². The van der Waals surface area contributed by atoms with E-state index < -0.39 is 15.1 Å². The van der Waals surface area contributed by atoms with Crippen molar-refractivity contribution in [2.24, 2.45) is 7.05 Å². The lowest BCUT2D eigenvalue weighted by Crippen LogP contribution is -2.43. The zero-order valence-corrected chi connectivity index (χ0v) is 14.5. The molecule has 0 bridgehead atoms. The SMILES string of the molecule is Cn1ccnc1S(=O)(=O)C1CCNC(CCc2ccc(F)cc2)C1. The Morgan fingerprint density at radius 3 is 2.75 bits per heavy atom. The van der Waals surface area contributed by atoms with E-state index >= 15 is 0 Å². The lowest BCUT2D eigenvalue weighted by molar-refractivity contribution is 0.378. The van der Waals surface area contributed by atoms with Crippen LogP contribution in [0, 0.1) is 5.82 Å². The third-order valence-electron chi connectivity index (χ3n) is 4.61. The first-order valence-electron chi connectivity index (χ1n) is 8.16. The summed E-state index contributed by atoms with van der Waals surface area (Å²) in [5, 5.41) is 3.14. The molecule has 2 unspecified atom stereocenters. The number of imidazole rings is 1. The Morgan fingerprint density at radius 2 is 2.08 bits per heavy atom. The summed E-state index contributed by atoms with van der Waals surface area (Å²) in [7, 11) is -1.71. The highest BCUT2D eigenvalue weighted by Crippen LogP contribution is 2.24. The Hall–Kier alpha value is -1.73. The van der Waals surface area contributed by atoms with Crippen LogP contribution in [0.25, 0.3) is 0 Å². The van der Waals surface area contributed by atoms with Crippen LogP contribution >= 0.6 is 0 Å². The number of benzene rings is 1. The second-order valence-corrected chi connectivity index (χ2v) is 8.45. The van der Waals surface area contributed by atoms with Crippen LogP contribution in [0.15, 0.2) is 41.8 Å². The molecule has 2 aromatic rings. The van der Waals surface area contributed by atoms with E-state index in [0.29, 0.717) is 19.4 Å². The zero-order chi connectivity index (χ0) is 17.2. The molecule has 3 rings (SSSR count). The largest absolute Gasteiger partial charge is 0.325 e. The van der Waals surface area contributed by atoms with Crippen molar-refractivity contribution in [3.8, 4) is 0 Å². The molecular formula is C17H22FN3O2S. The van der Waals surface area contributed by atoms with Crippen LogP contribution in [-0.2, 0) is 23.3 Å². The molecule has 1 fully saturated rings. The van der Waals surface area contributed by atoms with Gasteiger partial charge in [-0.3, -0.25) is 0 Å². The predicted octanol–water partition coefficient (Wildman–Crippen LogP) is 2.09. The number of rotatable bonds is 5. The van der Waals surface area contributed by atoms with E-state index in [1.807, 2.05) is 0 Å². The average molecular weight is 351 g/mol. The summed E-state index contributed by atoms with van der Waals surface area (Å²) >= 11 is 0. The second kappa shape index (κ2) is 7.03. The standard InChI is InChI=1S/C17H22FN3O2S/c1-21-11-10-20-17(21)24(22,23)16-8-9-19-15(12-16)7-4-13-2-5-14(18)6-3-13/h2-3,5-6,10-11,15-16,19H,4,7-9,12H2,1H3. The molecule has 130 valence electrons. The van der Waals surface area contributed by atoms with Crippen molar-refractivity contribution in [1.82, 2.24) is 14.9 Å². The molecule has 2 atom stereocenters. The normalized spacial score (nSPS) is 21.8. The maximum atomic E-state index is 12.9. The number of nitrogens with one attached hydrogen (secondary N) is 1. The molecule has 24 heavy (non-hydrogen) atoms. The Balaban J connectivity index is 1.64. The van der Waals surface area contributed by atoms with Gasteiger partial charge in [-0.05, 0) is 49.9 Å². The number of piperidine rings is 1. The summed E-state index contributed by atoms with van der Waals surface area (Å²) in [4.78, 5) is 4.01. The van der Waals surface area contributed by atoms with Gasteiger partial charge in [0, 0.05) is 25.5 Å². The maximum Gasteiger partial charge on any atom is 0.227 e. The van der Waals surface area contributed by atoms with Crippen molar-refractivity contribution in [2.75, 3.05) is 6.54 Å². The van der Waals surface area contributed by atoms with Gasteiger partial charge in [0.1, 0.15) is 5.82 Å². The lowest BCUT2D eigenvalue weighted by atomic mass is 9.97. The molecule has 1 N–H and O–H groups in total. The van der Waals surface area contributed by atoms with Crippen LogP contribution in [-0.4, -0.2) is 35.8 Å². The molecule has 0 saturated carbocycles. The van der Waals surface area contributed by atoms with Gasteiger partial charge in [0.05, 0.1) is 5.25 Å². The van der Waals surface area contributed by atoms with Crippen molar-refractivity contribution < 1.29 is 12.8 Å². The molecule has 0 radical (unpaired) electrons. The molecule has 0 aliphatic carbocycles. The third-order valence-corrected chi connectivity index (χ3v) is 6.82. The smallest absolute Gasteiger partial charge is 0.227 e. The van der Waals surface area contributed by atoms with Crippen LogP contribution in [0.5, 0.6) is 0 Å². The highest BCUT2D eigenvalue weighted by molar-refractivity contribution is 7.91. The van der Waals surface area contributed by atoms with Crippen molar-refractivity contribution in [3.63, 3.8) is 0 Å². The quantitative estimate of drug-likeness (QED) is 0.896. The summed E-state index contributed by atoms with van der Waals surface area (Å²) < 4.78 is 40.1. The van der Waals surface area contributed by atoms with Gasteiger partial charge in [-0.15, -0.1) is 0 Å². The number of nitrogens with zero attached hydrogens (tertiary/aromatic N) is 2. The fourth-order valence-electron chi connectivity index (χ4n) is 3.24. The molecule has 1 aromatic carbocycles. The summed E-state index contributed by atoms with van der Waals surface area (Å²) in [6.07, 6.45) is 5.98. The minimum atomic E-state index is -3.41. The number of halogens is 1. The van der Waals surface area contributed by atoms with E-state index in [4.69, 9.17) is 0 Å². The first-order valence-corrected chi connectivity index (χ1v) is 9.70. The predicted molar refractivity (Wildman–Crippen MR) is 89.9 cm³/mol. The minimum absolute atomic E-state index is 0.142. The number of hydrogen-bond donors (Lipinski definition) is 1. The first-order chi connectivity index (χ1) is 11.5. The molecule has 1 aliphatic heterocycles. The van der Waals surface area contributed by atoms with Gasteiger partial charge >= 0.3 is 0 Å². The second-order valence-electron chi connectivity index (χ2n) is 6.33. The van der Waals surface area contributed by atoms with E-state index in [1.165, 1.54) is 18.3 Å². The first kappa shape index (κ1) is 17.1. The molecule has 2 heterocycles. The van der Waals surface area contributed by atoms with Crippen LogP contribution in [0.3, 0.4) is 0 Å². The Labute approximate surface area is 141 Å². The van der Waals surface area contributed by atoms with Crippen LogP contribution < -0.4 is 5.32 Å². The highest BCUT2D eigenvalue weighted by atomic mass is 32.2. The molecule has 1 saturated heterocycles. The Kier molecular flexibility index (Phi) is 5.01. The van der Waals surface area contributed by atoms with Gasteiger partial charge < -0.3 is 9.88 Å². The van der Waals surface area contributed by atoms with Gasteiger partial charge in [-0.25, -0.2) is 17.8 Å². The maximum absolute atomic E-state index is 12.9. The number of hydrogen-bond acceptors (Lipinski definition) is 4. The number of aromatic nitrogens is 2. The van der Waals surface area contributed by atoms with E-state index in [2.05, 4.69) is 10.3 Å². The summed E-state index contributed by atoms with van der Waals surface area (Å²) in [6, 6.07) is 6.61. The van der Waals surface area contributed by atoms with Gasteiger partial charge in [0.15, 0.2) is 0 Å². The summed E-state index contributed by atoms with van der Waals surface area (Å²) in [5.74, 6) is -0.240. The average Bonchev–Trinajstić information content (AvgIpc) is 3.01. The molecule has 1 aromatic heterocycles. The third kappa shape index (κ3) is 3.67. The van der Waals surface area contributed by atoms with Crippen LogP contribution in [0.2, 0.25) is 0 Å². The molecule has 5 nitrogen and oxygen atoms in total. The molecular weight excluding hydrogens is 329 g/mol. The lowest BCUT2D eigenvalue weighted by Gasteiger charge is -2.30. The summed E-state index contributed by atoms with van der Waals surface area (Å²) in [5.41, 5.74) is 1.06. The van der Waals surface area contributed by atoms with Crippen LogP contribution in [0.4, 0.5) is 4.39 Å². The number of aryl methyl sites for hydroxylation is 2. The zero-order valence-electron chi connectivity index (χ0n) is 13.7. The fraction of sp³-hybridized carbons (Fsp3) is 0.471. The van der Waals surface area contributed by atoms with Gasteiger partial charge in [-0.1, -0.05) is 12.1 Å². The molecule has 1 aliphatic rings. The van der Waals surface area contributed by atoms with Crippen LogP contribution in [0.1, 0.15) is 24.8 Å².